The van der Waals surface area contributed by atoms with Crippen molar-refractivity contribution in [2.75, 3.05) is 25.2 Å². The predicted octanol–water partition coefficient (Wildman–Crippen LogP) is 2.53. The van der Waals surface area contributed by atoms with Gasteiger partial charge in [0.25, 0.3) is 5.91 Å². The molecule has 25 heavy (non-hydrogen) atoms. The predicted molar refractivity (Wildman–Crippen MR) is 94.0 cm³/mol. The van der Waals surface area contributed by atoms with Gasteiger partial charge in [-0.05, 0) is 25.0 Å². The topological polar surface area (TPSA) is 73.4 Å². The number of rotatable bonds is 5. The van der Waals surface area contributed by atoms with Crippen molar-refractivity contribution in [2.24, 2.45) is 7.05 Å². The van der Waals surface area contributed by atoms with Crippen LogP contribution in [-0.4, -0.2) is 40.9 Å². The summed E-state index contributed by atoms with van der Waals surface area (Å²) in [7, 11) is 3.56. The fraction of sp³-hybridized carbons (Fsp3) is 0.353. The second-order valence-corrected chi connectivity index (χ2v) is 6.89. The Morgan fingerprint density at radius 2 is 2.36 bits per heavy atom. The number of hydrogen-bond donors (Lipinski definition) is 0. The molecule has 0 bridgehead atoms. The molecule has 3 heterocycles. The third kappa shape index (κ3) is 2.77. The summed E-state index contributed by atoms with van der Waals surface area (Å²) in [5, 5.41) is 5.01. The van der Waals surface area contributed by atoms with E-state index in [1.54, 1.807) is 35.5 Å². The molecule has 0 unspecified atom stereocenters. The van der Waals surface area contributed by atoms with Gasteiger partial charge in [-0.3, -0.25) is 14.4 Å². The second-order valence-electron chi connectivity index (χ2n) is 5.82. The number of carbonyl (C=O) groups is 1. The largest absolute Gasteiger partial charge is 0.459 e. The van der Waals surface area contributed by atoms with Crippen LogP contribution < -0.4 is 4.90 Å². The lowest BCUT2D eigenvalue weighted by Gasteiger charge is -2.18. The number of ether oxygens (including phenoxy) is 1. The van der Waals surface area contributed by atoms with Crippen molar-refractivity contribution in [1.29, 1.82) is 0 Å². The van der Waals surface area contributed by atoms with Crippen LogP contribution in [0.3, 0.4) is 0 Å². The Kier molecular flexibility index (Phi) is 4.14. The van der Waals surface area contributed by atoms with Gasteiger partial charge in [0.05, 0.1) is 31.3 Å². The Morgan fingerprint density at radius 1 is 1.48 bits per heavy atom. The van der Waals surface area contributed by atoms with Crippen molar-refractivity contribution in [3.8, 4) is 11.3 Å². The summed E-state index contributed by atoms with van der Waals surface area (Å²) in [6, 6.07) is 3.37. The van der Waals surface area contributed by atoms with E-state index in [1.807, 2.05) is 17.9 Å². The van der Waals surface area contributed by atoms with E-state index >= 15 is 0 Å². The summed E-state index contributed by atoms with van der Waals surface area (Å²) >= 11 is 1.55. The molecule has 0 aromatic carbocycles. The standard InChI is InChI=1S/C17H18N4O3S/c1-20-12-5-6-14-15(11(12)10-18-20)19-17(25-14)21(7-9-23-2)16(22)13-4-3-8-24-13/h3-4,8,10H,5-7,9H2,1-2H3. The lowest BCUT2D eigenvalue weighted by molar-refractivity contribution is 0.0949. The number of aryl methyl sites for hydroxylation is 2. The maximum atomic E-state index is 12.8. The Labute approximate surface area is 148 Å². The number of amides is 1. The molecular formula is C17H18N4O3S. The molecule has 0 fully saturated rings. The molecule has 0 aliphatic heterocycles. The minimum absolute atomic E-state index is 0.209. The molecule has 3 aromatic heterocycles. The molecule has 1 aliphatic rings. The molecule has 0 saturated carbocycles. The molecular weight excluding hydrogens is 340 g/mol. The first-order chi connectivity index (χ1) is 12.2. The molecule has 0 radical (unpaired) electrons. The average Bonchev–Trinajstić information content (AvgIpc) is 3.34. The first-order valence-corrected chi connectivity index (χ1v) is 8.86. The first kappa shape index (κ1) is 16.0. The summed E-state index contributed by atoms with van der Waals surface area (Å²) < 4.78 is 12.3. The van der Waals surface area contributed by atoms with Gasteiger partial charge in [-0.15, -0.1) is 11.3 Å². The smallest absolute Gasteiger partial charge is 0.295 e. The molecule has 0 atom stereocenters. The number of hydrogen-bond acceptors (Lipinski definition) is 6. The highest BCUT2D eigenvalue weighted by atomic mass is 32.1. The zero-order chi connectivity index (χ0) is 17.4. The molecule has 0 spiro atoms. The molecule has 3 aromatic rings. The van der Waals surface area contributed by atoms with E-state index in [4.69, 9.17) is 14.1 Å². The van der Waals surface area contributed by atoms with Crippen LogP contribution in [0.5, 0.6) is 0 Å². The van der Waals surface area contributed by atoms with Crippen molar-refractivity contribution in [1.82, 2.24) is 14.8 Å². The molecule has 8 heteroatoms. The molecule has 1 aliphatic carbocycles. The Morgan fingerprint density at radius 3 is 3.12 bits per heavy atom. The van der Waals surface area contributed by atoms with Crippen LogP contribution >= 0.6 is 11.3 Å². The van der Waals surface area contributed by atoms with Gasteiger partial charge in [0.2, 0.25) is 0 Å². The third-order valence-electron chi connectivity index (χ3n) is 4.32. The van der Waals surface area contributed by atoms with Crippen molar-refractivity contribution >= 4 is 22.4 Å². The zero-order valence-electron chi connectivity index (χ0n) is 14.1. The van der Waals surface area contributed by atoms with Gasteiger partial charge in [0.15, 0.2) is 10.9 Å². The minimum atomic E-state index is -0.209. The first-order valence-electron chi connectivity index (χ1n) is 8.04. The number of furan rings is 1. The maximum Gasteiger partial charge on any atom is 0.295 e. The Bertz CT molecular complexity index is 897. The Balaban J connectivity index is 1.72. The van der Waals surface area contributed by atoms with Crippen LogP contribution in [-0.2, 0) is 24.6 Å². The van der Waals surface area contributed by atoms with Crippen LogP contribution in [0.25, 0.3) is 11.3 Å². The normalized spacial score (nSPS) is 12.7. The SMILES string of the molecule is COCCN(C(=O)c1ccco1)c1nc2c(s1)CCc1c-2cnn1C. The molecule has 7 nitrogen and oxygen atoms in total. The Hall–Kier alpha value is -2.45. The number of aromatic nitrogens is 3. The number of methoxy groups -OCH3 is 1. The average molecular weight is 358 g/mol. The molecule has 0 N–H and O–H groups in total. The van der Waals surface area contributed by atoms with E-state index in [0.717, 1.165) is 24.1 Å². The maximum absolute atomic E-state index is 12.8. The second kappa shape index (κ2) is 6.45. The van der Waals surface area contributed by atoms with Crippen LogP contribution in [0, 0.1) is 0 Å². The fourth-order valence-corrected chi connectivity index (χ4v) is 4.12. The van der Waals surface area contributed by atoms with Gasteiger partial charge < -0.3 is 9.15 Å². The van der Waals surface area contributed by atoms with Gasteiger partial charge in [-0.25, -0.2) is 4.98 Å². The summed E-state index contributed by atoms with van der Waals surface area (Å²) in [4.78, 5) is 20.4. The third-order valence-corrected chi connectivity index (χ3v) is 5.46. The summed E-state index contributed by atoms with van der Waals surface area (Å²) in [6.07, 6.45) is 5.19. The van der Waals surface area contributed by atoms with E-state index in [9.17, 15) is 4.79 Å². The number of fused-ring (bicyclic) bond motifs is 3. The highest BCUT2D eigenvalue weighted by Gasteiger charge is 2.28. The minimum Gasteiger partial charge on any atom is -0.459 e. The van der Waals surface area contributed by atoms with Gasteiger partial charge in [0.1, 0.15) is 0 Å². The quantitative estimate of drug-likeness (QED) is 0.701. The monoisotopic (exact) mass is 358 g/mol. The van der Waals surface area contributed by atoms with Crippen molar-refractivity contribution in [3.05, 3.63) is 40.9 Å². The highest BCUT2D eigenvalue weighted by Crippen LogP contribution is 2.39. The van der Waals surface area contributed by atoms with Crippen molar-refractivity contribution < 1.29 is 13.9 Å². The fourth-order valence-electron chi connectivity index (χ4n) is 3.02. The number of anilines is 1. The number of carbonyl (C=O) groups excluding carboxylic acids is 1. The summed E-state index contributed by atoms with van der Waals surface area (Å²) in [6.45, 7) is 0.844. The van der Waals surface area contributed by atoms with Gasteiger partial charge in [-0.2, -0.15) is 5.10 Å². The van der Waals surface area contributed by atoms with Gasteiger partial charge in [-0.1, -0.05) is 0 Å². The summed E-state index contributed by atoms with van der Waals surface area (Å²) in [5.41, 5.74) is 3.18. The van der Waals surface area contributed by atoms with Gasteiger partial charge in [0, 0.05) is 30.3 Å². The highest BCUT2D eigenvalue weighted by molar-refractivity contribution is 7.16. The van der Waals surface area contributed by atoms with E-state index in [0.29, 0.717) is 24.0 Å². The van der Waals surface area contributed by atoms with Crippen molar-refractivity contribution in [3.63, 3.8) is 0 Å². The zero-order valence-corrected chi connectivity index (χ0v) is 14.9. The number of nitrogens with zero attached hydrogens (tertiary/aromatic N) is 4. The van der Waals surface area contributed by atoms with Crippen molar-refractivity contribution in [2.45, 2.75) is 12.8 Å². The van der Waals surface area contributed by atoms with Crippen LogP contribution in [0.2, 0.25) is 0 Å². The van der Waals surface area contributed by atoms with E-state index in [2.05, 4.69) is 5.10 Å². The van der Waals surface area contributed by atoms with E-state index in [1.165, 1.54) is 16.8 Å². The lowest BCUT2D eigenvalue weighted by atomic mass is 10.0. The van der Waals surface area contributed by atoms with E-state index < -0.39 is 0 Å². The molecule has 4 rings (SSSR count). The van der Waals surface area contributed by atoms with Crippen LogP contribution in [0.1, 0.15) is 21.1 Å². The van der Waals surface area contributed by atoms with Crippen LogP contribution in [0.15, 0.2) is 29.0 Å². The molecule has 1 amide bonds. The van der Waals surface area contributed by atoms with Gasteiger partial charge >= 0.3 is 0 Å². The molecule has 0 saturated heterocycles. The van der Waals surface area contributed by atoms with E-state index in [-0.39, 0.29) is 5.91 Å². The lowest BCUT2D eigenvalue weighted by Crippen LogP contribution is -2.33. The number of thiazole rings is 1. The summed E-state index contributed by atoms with van der Waals surface area (Å²) in [5.74, 6) is 0.0888. The molecule has 130 valence electrons. The van der Waals surface area contributed by atoms with Crippen LogP contribution in [0.4, 0.5) is 5.13 Å².